The molecule has 3 atom stereocenters. The lowest BCUT2D eigenvalue weighted by molar-refractivity contribution is -0.127. The molecule has 0 aromatic carbocycles. The summed E-state index contributed by atoms with van der Waals surface area (Å²) < 4.78 is 7.46. The Morgan fingerprint density at radius 1 is 1.35 bits per heavy atom. The number of aromatic nitrogens is 2. The van der Waals surface area contributed by atoms with Crippen molar-refractivity contribution < 1.29 is 9.53 Å². The topological polar surface area (TPSA) is 59.4 Å². The van der Waals surface area contributed by atoms with Crippen molar-refractivity contribution in [1.29, 1.82) is 0 Å². The van der Waals surface area contributed by atoms with Crippen LogP contribution in [0.1, 0.15) is 42.3 Å². The minimum Gasteiger partial charge on any atom is -0.380 e. The fourth-order valence-electron chi connectivity index (χ4n) is 4.00. The fourth-order valence-corrected chi connectivity index (χ4v) is 4.00. The zero-order valence-electron chi connectivity index (χ0n) is 14.6. The summed E-state index contributed by atoms with van der Waals surface area (Å²) in [5.41, 5.74) is 3.40. The number of rotatable bonds is 4. The lowest BCUT2D eigenvalue weighted by Crippen LogP contribution is -2.40. The van der Waals surface area contributed by atoms with Crippen molar-refractivity contribution in [2.45, 2.75) is 45.2 Å². The summed E-state index contributed by atoms with van der Waals surface area (Å²) in [6.07, 6.45) is 2.88. The first-order chi connectivity index (χ1) is 11.0. The number of nitrogens with zero attached hydrogens (tertiary/aromatic N) is 3. The highest BCUT2D eigenvalue weighted by molar-refractivity contribution is 5.79. The summed E-state index contributed by atoms with van der Waals surface area (Å²) in [4.78, 5) is 14.2. The Bertz CT molecular complexity index is 577. The maximum atomic E-state index is 12.3. The number of amides is 1. The number of ether oxygens (including phenoxy) is 1. The lowest BCUT2D eigenvalue weighted by atomic mass is 9.92. The largest absolute Gasteiger partial charge is 0.380 e. The van der Waals surface area contributed by atoms with E-state index in [0.717, 1.165) is 44.0 Å². The first-order valence-corrected chi connectivity index (χ1v) is 8.56. The van der Waals surface area contributed by atoms with E-state index in [-0.39, 0.29) is 17.9 Å². The second kappa shape index (κ2) is 6.61. The molecule has 0 bridgehead atoms. The van der Waals surface area contributed by atoms with E-state index in [9.17, 15) is 4.79 Å². The maximum absolute atomic E-state index is 12.3. The highest BCUT2D eigenvalue weighted by Gasteiger charge is 2.41. The number of likely N-dealkylation sites (tertiary alicyclic amines) is 1. The SMILES string of the molecule is Cc1nn(C)c(C)c1[C@H]1[C@H](CN[C@H]2CCCOC2)CC(=O)N1C. The first kappa shape index (κ1) is 16.5. The van der Waals surface area contributed by atoms with E-state index in [1.54, 1.807) is 0 Å². The van der Waals surface area contributed by atoms with Gasteiger partial charge in [0.25, 0.3) is 0 Å². The second-order valence-corrected chi connectivity index (χ2v) is 6.94. The molecule has 0 saturated carbocycles. The quantitative estimate of drug-likeness (QED) is 0.909. The van der Waals surface area contributed by atoms with Gasteiger partial charge in [-0.1, -0.05) is 0 Å². The van der Waals surface area contributed by atoms with Crippen molar-refractivity contribution in [3.8, 4) is 0 Å². The van der Waals surface area contributed by atoms with Crippen molar-refractivity contribution in [2.24, 2.45) is 13.0 Å². The van der Waals surface area contributed by atoms with Crippen LogP contribution in [0.25, 0.3) is 0 Å². The molecular weight excluding hydrogens is 292 g/mol. The predicted octanol–water partition coefficient (Wildman–Crippen LogP) is 1.32. The van der Waals surface area contributed by atoms with Crippen molar-refractivity contribution in [3.63, 3.8) is 0 Å². The Balaban J connectivity index is 1.76. The van der Waals surface area contributed by atoms with E-state index in [2.05, 4.69) is 17.3 Å². The highest BCUT2D eigenvalue weighted by Crippen LogP contribution is 2.39. The molecule has 3 rings (SSSR count). The van der Waals surface area contributed by atoms with Gasteiger partial charge in [-0.3, -0.25) is 9.48 Å². The summed E-state index contributed by atoms with van der Waals surface area (Å²) in [6, 6.07) is 0.537. The van der Waals surface area contributed by atoms with Gasteiger partial charge < -0.3 is 15.0 Å². The van der Waals surface area contributed by atoms with Gasteiger partial charge in [0.15, 0.2) is 0 Å². The van der Waals surface area contributed by atoms with Crippen LogP contribution < -0.4 is 5.32 Å². The monoisotopic (exact) mass is 320 g/mol. The van der Waals surface area contributed by atoms with Crippen molar-refractivity contribution >= 4 is 5.91 Å². The molecule has 2 fully saturated rings. The van der Waals surface area contributed by atoms with Crippen LogP contribution in [-0.4, -0.2) is 53.4 Å². The Morgan fingerprint density at radius 3 is 2.74 bits per heavy atom. The van der Waals surface area contributed by atoms with Gasteiger partial charge >= 0.3 is 0 Å². The summed E-state index contributed by atoms with van der Waals surface area (Å²) in [5, 5.41) is 8.16. The third kappa shape index (κ3) is 3.15. The maximum Gasteiger partial charge on any atom is 0.223 e. The molecule has 3 heterocycles. The normalized spacial score (nSPS) is 28.6. The van der Waals surface area contributed by atoms with E-state index >= 15 is 0 Å². The minimum absolute atomic E-state index is 0.119. The number of nitrogens with one attached hydrogen (secondary N) is 1. The molecule has 0 spiro atoms. The predicted molar refractivity (Wildman–Crippen MR) is 88.1 cm³/mol. The van der Waals surface area contributed by atoms with Gasteiger partial charge in [0.05, 0.1) is 18.3 Å². The van der Waals surface area contributed by atoms with Crippen LogP contribution in [0.5, 0.6) is 0 Å². The number of carbonyl (C=O) groups excluding carboxylic acids is 1. The van der Waals surface area contributed by atoms with Crippen LogP contribution in [0, 0.1) is 19.8 Å². The average molecular weight is 320 g/mol. The Morgan fingerprint density at radius 2 is 2.13 bits per heavy atom. The van der Waals surface area contributed by atoms with Gasteiger partial charge in [0, 0.05) is 56.9 Å². The Kier molecular flexibility index (Phi) is 4.73. The van der Waals surface area contributed by atoms with Gasteiger partial charge in [-0.25, -0.2) is 0 Å². The Hall–Kier alpha value is -1.40. The van der Waals surface area contributed by atoms with Crippen molar-refractivity contribution in [2.75, 3.05) is 26.8 Å². The van der Waals surface area contributed by atoms with Gasteiger partial charge in [-0.2, -0.15) is 5.10 Å². The van der Waals surface area contributed by atoms with Crippen LogP contribution in [0.4, 0.5) is 0 Å². The number of hydrogen-bond acceptors (Lipinski definition) is 4. The van der Waals surface area contributed by atoms with E-state index < -0.39 is 0 Å². The van der Waals surface area contributed by atoms with Gasteiger partial charge in [0.1, 0.15) is 0 Å². The molecule has 1 aromatic heterocycles. The molecule has 2 saturated heterocycles. The lowest BCUT2D eigenvalue weighted by Gasteiger charge is -2.29. The molecule has 2 aliphatic rings. The van der Waals surface area contributed by atoms with Crippen LogP contribution in [0.2, 0.25) is 0 Å². The average Bonchev–Trinajstić information content (AvgIpc) is 2.95. The molecule has 128 valence electrons. The zero-order chi connectivity index (χ0) is 16.6. The summed E-state index contributed by atoms with van der Waals surface area (Å²) in [7, 11) is 3.89. The fraction of sp³-hybridized carbons (Fsp3) is 0.765. The summed E-state index contributed by atoms with van der Waals surface area (Å²) in [5.74, 6) is 0.514. The molecule has 0 aliphatic carbocycles. The third-order valence-corrected chi connectivity index (χ3v) is 5.38. The summed E-state index contributed by atoms with van der Waals surface area (Å²) in [6.45, 7) is 6.64. The molecular formula is C17H28N4O2. The van der Waals surface area contributed by atoms with Crippen molar-refractivity contribution in [3.05, 3.63) is 17.0 Å². The van der Waals surface area contributed by atoms with Crippen LogP contribution in [-0.2, 0) is 16.6 Å². The van der Waals surface area contributed by atoms with Gasteiger partial charge in [-0.15, -0.1) is 0 Å². The number of carbonyl (C=O) groups is 1. The van der Waals surface area contributed by atoms with E-state index in [4.69, 9.17) is 4.74 Å². The van der Waals surface area contributed by atoms with Gasteiger partial charge in [-0.05, 0) is 26.7 Å². The van der Waals surface area contributed by atoms with Crippen LogP contribution in [0.15, 0.2) is 0 Å². The number of hydrogen-bond donors (Lipinski definition) is 1. The van der Waals surface area contributed by atoms with E-state index in [0.29, 0.717) is 12.5 Å². The van der Waals surface area contributed by atoms with E-state index in [1.807, 2.05) is 30.6 Å². The van der Waals surface area contributed by atoms with Crippen LogP contribution in [0.3, 0.4) is 0 Å². The highest BCUT2D eigenvalue weighted by atomic mass is 16.5. The minimum atomic E-state index is 0.119. The standard InChI is InChI=1S/C17H28N4O2/c1-11-16(12(2)21(4)19-11)17-13(8-15(22)20(17)3)9-18-14-6-5-7-23-10-14/h13-14,17-18H,5-10H2,1-4H3/t13-,14-,17+/m0/s1. The molecule has 0 radical (unpaired) electrons. The first-order valence-electron chi connectivity index (χ1n) is 8.56. The molecule has 1 N–H and O–H groups in total. The molecule has 0 unspecified atom stereocenters. The zero-order valence-corrected chi connectivity index (χ0v) is 14.6. The van der Waals surface area contributed by atoms with Gasteiger partial charge in [0.2, 0.25) is 5.91 Å². The molecule has 2 aliphatic heterocycles. The smallest absolute Gasteiger partial charge is 0.223 e. The van der Waals surface area contributed by atoms with Crippen molar-refractivity contribution in [1.82, 2.24) is 20.0 Å². The Labute approximate surface area is 138 Å². The van der Waals surface area contributed by atoms with E-state index in [1.165, 1.54) is 5.56 Å². The molecule has 6 nitrogen and oxygen atoms in total. The summed E-state index contributed by atoms with van der Waals surface area (Å²) >= 11 is 0. The van der Waals surface area contributed by atoms with Crippen LogP contribution >= 0.6 is 0 Å². The number of aryl methyl sites for hydroxylation is 2. The molecule has 6 heteroatoms. The third-order valence-electron chi connectivity index (χ3n) is 5.38. The molecule has 1 amide bonds. The second-order valence-electron chi connectivity index (χ2n) is 6.94. The molecule has 1 aromatic rings. The molecule has 23 heavy (non-hydrogen) atoms.